The molecule has 0 saturated heterocycles. The molecule has 1 aromatic carbocycles. The van der Waals surface area contributed by atoms with Gasteiger partial charge in [0, 0.05) is 23.5 Å². The number of carbonyl (C=O) groups is 1. The van der Waals surface area contributed by atoms with E-state index in [9.17, 15) is 18.0 Å². The number of amides is 1. The molecule has 0 spiro atoms. The third-order valence-electron chi connectivity index (χ3n) is 4.67. The van der Waals surface area contributed by atoms with Gasteiger partial charge in [0.1, 0.15) is 6.33 Å². The van der Waals surface area contributed by atoms with Gasteiger partial charge < -0.3 is 5.32 Å². The molecule has 0 atom stereocenters. The first-order valence-electron chi connectivity index (χ1n) is 9.15. The lowest BCUT2D eigenvalue weighted by molar-refractivity contribution is -0.144. The molecule has 1 N–H and O–H groups in total. The van der Waals surface area contributed by atoms with Crippen LogP contribution in [-0.4, -0.2) is 45.7 Å². The van der Waals surface area contributed by atoms with E-state index in [0.717, 1.165) is 10.2 Å². The Balaban J connectivity index is 1.45. The first-order valence-corrected chi connectivity index (χ1v) is 9.15. The number of tetrazole rings is 1. The zero-order chi connectivity index (χ0) is 22.2. The van der Waals surface area contributed by atoms with E-state index < -0.39 is 12.0 Å². The maximum absolute atomic E-state index is 12.9. The number of hydrogen-bond acceptors (Lipinski definition) is 7. The SMILES string of the molecule is Cc1nc2nc(C(F)(F)F)nn2c(C)c1CCC(=O)Nc1ccc(-n2cnnn2)cc1. The Morgan fingerprint density at radius 2 is 1.87 bits per heavy atom. The molecule has 0 bridgehead atoms. The Bertz CT molecular complexity index is 1230. The number of halogens is 3. The monoisotopic (exact) mass is 431 g/mol. The van der Waals surface area contributed by atoms with E-state index in [0.29, 0.717) is 22.6 Å². The second-order valence-corrected chi connectivity index (χ2v) is 6.76. The Kier molecular flexibility index (Phi) is 5.09. The summed E-state index contributed by atoms with van der Waals surface area (Å²) in [4.78, 5) is 19.9. The molecular weight excluding hydrogens is 415 g/mol. The van der Waals surface area contributed by atoms with Crippen molar-refractivity contribution in [1.82, 2.24) is 39.8 Å². The van der Waals surface area contributed by atoms with Crippen LogP contribution in [0.3, 0.4) is 0 Å². The number of fused-ring (bicyclic) bond motifs is 1. The topological polar surface area (TPSA) is 116 Å². The fourth-order valence-corrected chi connectivity index (χ4v) is 3.13. The lowest BCUT2D eigenvalue weighted by Crippen LogP contribution is -2.14. The van der Waals surface area contributed by atoms with Gasteiger partial charge in [-0.25, -0.2) is 14.2 Å². The Hall–Kier alpha value is -3.90. The van der Waals surface area contributed by atoms with Gasteiger partial charge in [-0.1, -0.05) is 0 Å². The molecule has 0 unspecified atom stereocenters. The zero-order valence-corrected chi connectivity index (χ0v) is 16.4. The summed E-state index contributed by atoms with van der Waals surface area (Å²) in [7, 11) is 0. The summed E-state index contributed by atoms with van der Waals surface area (Å²) in [5.41, 5.74) is 2.94. The highest BCUT2D eigenvalue weighted by Gasteiger charge is 2.36. The van der Waals surface area contributed by atoms with Gasteiger partial charge in [-0.05, 0) is 60.5 Å². The van der Waals surface area contributed by atoms with E-state index in [1.165, 1.54) is 11.0 Å². The van der Waals surface area contributed by atoms with Crippen LogP contribution >= 0.6 is 0 Å². The van der Waals surface area contributed by atoms with Gasteiger partial charge >= 0.3 is 6.18 Å². The average molecular weight is 431 g/mol. The van der Waals surface area contributed by atoms with Crippen LogP contribution in [0.4, 0.5) is 18.9 Å². The number of aromatic nitrogens is 8. The predicted molar refractivity (Wildman–Crippen MR) is 101 cm³/mol. The number of aryl methyl sites for hydroxylation is 2. The summed E-state index contributed by atoms with van der Waals surface area (Å²) < 4.78 is 41.2. The summed E-state index contributed by atoms with van der Waals surface area (Å²) in [6, 6.07) is 6.93. The quantitative estimate of drug-likeness (QED) is 0.515. The van der Waals surface area contributed by atoms with Gasteiger partial charge in [0.05, 0.1) is 5.69 Å². The van der Waals surface area contributed by atoms with E-state index in [2.05, 4.69) is 35.9 Å². The van der Waals surface area contributed by atoms with Crippen molar-refractivity contribution in [3.05, 3.63) is 53.4 Å². The molecule has 31 heavy (non-hydrogen) atoms. The van der Waals surface area contributed by atoms with Crippen molar-refractivity contribution in [2.75, 3.05) is 5.32 Å². The molecule has 0 aliphatic heterocycles. The van der Waals surface area contributed by atoms with Crippen LogP contribution < -0.4 is 5.32 Å². The highest BCUT2D eigenvalue weighted by atomic mass is 19.4. The largest absolute Gasteiger partial charge is 0.453 e. The summed E-state index contributed by atoms with van der Waals surface area (Å²) in [6.45, 7) is 3.29. The molecule has 0 aliphatic rings. The van der Waals surface area contributed by atoms with Crippen molar-refractivity contribution < 1.29 is 18.0 Å². The van der Waals surface area contributed by atoms with Crippen LogP contribution in [0, 0.1) is 13.8 Å². The van der Waals surface area contributed by atoms with E-state index in [1.807, 2.05) is 0 Å². The number of nitrogens with one attached hydrogen (secondary N) is 1. The van der Waals surface area contributed by atoms with Crippen LogP contribution in [0.5, 0.6) is 0 Å². The molecule has 0 radical (unpaired) electrons. The Morgan fingerprint density at radius 3 is 2.52 bits per heavy atom. The number of carbonyl (C=O) groups excluding carboxylic acids is 1. The van der Waals surface area contributed by atoms with Crippen LogP contribution in [0.2, 0.25) is 0 Å². The van der Waals surface area contributed by atoms with Crippen molar-refractivity contribution in [2.24, 2.45) is 0 Å². The number of nitrogens with zero attached hydrogens (tertiary/aromatic N) is 8. The van der Waals surface area contributed by atoms with Crippen LogP contribution in [0.25, 0.3) is 11.5 Å². The molecule has 0 saturated carbocycles. The standard InChI is InChI=1S/C18H16F3N9O/c1-10-14(11(2)30-17(23-10)25-16(26-30)18(19,20)21)7-8-15(31)24-12-3-5-13(6-4-12)29-9-22-27-28-29/h3-6,9H,7-8H2,1-2H3,(H,24,31). The molecule has 13 heteroatoms. The van der Waals surface area contributed by atoms with Crippen LogP contribution in [-0.2, 0) is 17.4 Å². The third-order valence-corrected chi connectivity index (χ3v) is 4.67. The zero-order valence-electron chi connectivity index (χ0n) is 16.4. The van der Waals surface area contributed by atoms with Crippen molar-refractivity contribution in [3.8, 4) is 5.69 Å². The highest BCUT2D eigenvalue weighted by molar-refractivity contribution is 5.90. The summed E-state index contributed by atoms with van der Waals surface area (Å²) in [6.07, 6.45) is -2.80. The fourth-order valence-electron chi connectivity index (χ4n) is 3.13. The van der Waals surface area contributed by atoms with Crippen molar-refractivity contribution in [2.45, 2.75) is 32.9 Å². The van der Waals surface area contributed by atoms with Crippen molar-refractivity contribution >= 4 is 17.4 Å². The minimum atomic E-state index is -4.66. The average Bonchev–Trinajstić information content (AvgIpc) is 3.38. The number of hydrogen-bond donors (Lipinski definition) is 1. The van der Waals surface area contributed by atoms with Crippen LogP contribution in [0.1, 0.15) is 29.2 Å². The number of alkyl halides is 3. The first kappa shape index (κ1) is 20.4. The van der Waals surface area contributed by atoms with Gasteiger partial charge in [-0.15, -0.1) is 10.2 Å². The fraction of sp³-hybridized carbons (Fsp3) is 0.278. The highest BCUT2D eigenvalue weighted by Crippen LogP contribution is 2.27. The Morgan fingerprint density at radius 1 is 1.13 bits per heavy atom. The van der Waals surface area contributed by atoms with Gasteiger partial charge in [-0.2, -0.15) is 18.2 Å². The van der Waals surface area contributed by atoms with Gasteiger partial charge in [0.15, 0.2) is 0 Å². The lowest BCUT2D eigenvalue weighted by Gasteiger charge is -2.11. The molecule has 10 nitrogen and oxygen atoms in total. The number of benzene rings is 1. The van der Waals surface area contributed by atoms with Crippen molar-refractivity contribution in [3.63, 3.8) is 0 Å². The smallest absolute Gasteiger partial charge is 0.326 e. The van der Waals surface area contributed by atoms with E-state index in [1.54, 1.807) is 38.1 Å². The number of rotatable bonds is 5. The van der Waals surface area contributed by atoms with Crippen molar-refractivity contribution in [1.29, 1.82) is 0 Å². The lowest BCUT2D eigenvalue weighted by atomic mass is 10.1. The second kappa shape index (κ2) is 7.74. The van der Waals surface area contributed by atoms with E-state index in [4.69, 9.17) is 0 Å². The van der Waals surface area contributed by atoms with E-state index in [-0.39, 0.29) is 24.5 Å². The second-order valence-electron chi connectivity index (χ2n) is 6.76. The molecule has 3 aromatic heterocycles. The predicted octanol–water partition coefficient (Wildman–Crippen LogP) is 2.31. The molecule has 4 rings (SSSR count). The molecule has 160 valence electrons. The summed E-state index contributed by atoms with van der Waals surface area (Å²) in [5.74, 6) is -1.62. The minimum Gasteiger partial charge on any atom is -0.326 e. The molecule has 1 amide bonds. The van der Waals surface area contributed by atoms with E-state index >= 15 is 0 Å². The summed E-state index contributed by atoms with van der Waals surface area (Å²) >= 11 is 0. The Labute approximate surface area is 173 Å². The molecule has 0 aliphatic carbocycles. The third kappa shape index (κ3) is 4.20. The first-order chi connectivity index (χ1) is 14.7. The van der Waals surface area contributed by atoms with Gasteiger partial charge in [0.25, 0.3) is 11.6 Å². The molecule has 4 aromatic rings. The number of anilines is 1. The molecular formula is C18H16F3N9O. The van der Waals surface area contributed by atoms with Gasteiger partial charge in [0.2, 0.25) is 5.91 Å². The maximum Gasteiger partial charge on any atom is 0.453 e. The maximum atomic E-state index is 12.9. The minimum absolute atomic E-state index is 0.116. The van der Waals surface area contributed by atoms with Crippen LogP contribution in [0.15, 0.2) is 30.6 Å². The van der Waals surface area contributed by atoms with Gasteiger partial charge in [-0.3, -0.25) is 4.79 Å². The molecule has 3 heterocycles. The summed E-state index contributed by atoms with van der Waals surface area (Å²) in [5, 5.41) is 17.2. The molecule has 0 fully saturated rings. The normalized spacial score (nSPS) is 11.8.